The third kappa shape index (κ3) is 3.40. The molecular formula is C23H29ClN2O2. The SMILES string of the molecule is COc1cc(C2(C(=O)N3C[C@@H](N)[C@H](c4ccccc4)C3)CCC2)ccc1C.Cl. The van der Waals surface area contributed by atoms with E-state index in [1.807, 2.05) is 30.0 Å². The van der Waals surface area contributed by atoms with Gasteiger partial charge in [-0.15, -0.1) is 12.4 Å². The molecule has 2 N–H and O–H groups in total. The van der Waals surface area contributed by atoms with Crippen molar-refractivity contribution >= 4 is 18.3 Å². The van der Waals surface area contributed by atoms with Crippen LogP contribution in [0.15, 0.2) is 48.5 Å². The van der Waals surface area contributed by atoms with Crippen LogP contribution < -0.4 is 10.5 Å². The lowest BCUT2D eigenvalue weighted by Crippen LogP contribution is -2.50. The number of hydrogen-bond donors (Lipinski definition) is 1. The van der Waals surface area contributed by atoms with E-state index >= 15 is 0 Å². The number of aryl methyl sites for hydroxylation is 1. The predicted molar refractivity (Wildman–Crippen MR) is 114 cm³/mol. The zero-order valence-corrected chi connectivity index (χ0v) is 17.4. The summed E-state index contributed by atoms with van der Waals surface area (Å²) in [5.41, 5.74) is 9.42. The molecule has 1 aliphatic heterocycles. The van der Waals surface area contributed by atoms with Gasteiger partial charge in [-0.25, -0.2) is 0 Å². The molecule has 4 nitrogen and oxygen atoms in total. The highest BCUT2D eigenvalue weighted by molar-refractivity contribution is 5.90. The van der Waals surface area contributed by atoms with Crippen molar-refractivity contribution in [3.8, 4) is 5.75 Å². The minimum Gasteiger partial charge on any atom is -0.496 e. The van der Waals surface area contributed by atoms with Crippen LogP contribution in [0, 0.1) is 6.92 Å². The number of rotatable bonds is 4. The standard InChI is InChI=1S/C23H28N2O2.ClH/c1-16-9-10-18(13-21(16)27-2)23(11-6-12-23)22(26)25-14-19(20(24)15-25)17-7-4-3-5-8-17;/h3-5,7-10,13,19-20H,6,11-12,14-15,24H2,1-2H3;1H/t19-,20+;/m0./s1. The molecule has 0 unspecified atom stereocenters. The highest BCUT2D eigenvalue weighted by Crippen LogP contribution is 2.47. The van der Waals surface area contributed by atoms with Crippen LogP contribution in [0.25, 0.3) is 0 Å². The van der Waals surface area contributed by atoms with E-state index in [1.54, 1.807) is 7.11 Å². The van der Waals surface area contributed by atoms with Crippen LogP contribution >= 0.6 is 12.4 Å². The molecule has 2 aromatic carbocycles. The molecule has 0 aromatic heterocycles. The van der Waals surface area contributed by atoms with Crippen LogP contribution in [0.5, 0.6) is 5.75 Å². The first kappa shape index (κ1) is 20.7. The average molecular weight is 401 g/mol. The zero-order chi connectivity index (χ0) is 19.0. The molecule has 1 saturated heterocycles. The largest absolute Gasteiger partial charge is 0.496 e. The second-order valence-corrected chi connectivity index (χ2v) is 8.01. The van der Waals surface area contributed by atoms with Gasteiger partial charge < -0.3 is 15.4 Å². The van der Waals surface area contributed by atoms with Crippen molar-refractivity contribution in [3.63, 3.8) is 0 Å². The molecule has 2 fully saturated rings. The first-order chi connectivity index (χ1) is 13.0. The highest BCUT2D eigenvalue weighted by Gasteiger charge is 2.50. The second kappa shape index (κ2) is 8.14. The summed E-state index contributed by atoms with van der Waals surface area (Å²) >= 11 is 0. The van der Waals surface area contributed by atoms with Crippen molar-refractivity contribution < 1.29 is 9.53 Å². The van der Waals surface area contributed by atoms with E-state index in [-0.39, 0.29) is 30.3 Å². The Balaban J connectivity index is 0.00000225. The minimum atomic E-state index is -0.410. The molecule has 28 heavy (non-hydrogen) atoms. The van der Waals surface area contributed by atoms with Gasteiger partial charge in [0.1, 0.15) is 5.75 Å². The maximum absolute atomic E-state index is 13.6. The molecule has 2 aliphatic rings. The molecule has 0 spiro atoms. The maximum Gasteiger partial charge on any atom is 0.233 e. The summed E-state index contributed by atoms with van der Waals surface area (Å²) in [6.07, 6.45) is 2.89. The zero-order valence-electron chi connectivity index (χ0n) is 16.6. The molecule has 150 valence electrons. The average Bonchev–Trinajstić information content (AvgIpc) is 3.04. The molecule has 1 amide bonds. The highest BCUT2D eigenvalue weighted by atomic mass is 35.5. The minimum absolute atomic E-state index is 0. The molecular weight excluding hydrogens is 372 g/mol. The predicted octanol–water partition coefficient (Wildman–Crippen LogP) is 3.80. The number of carbonyl (C=O) groups is 1. The van der Waals surface area contributed by atoms with Crippen LogP contribution in [0.4, 0.5) is 0 Å². The van der Waals surface area contributed by atoms with Crippen LogP contribution in [0.2, 0.25) is 0 Å². The van der Waals surface area contributed by atoms with Gasteiger partial charge in [0.2, 0.25) is 5.91 Å². The first-order valence-corrected chi connectivity index (χ1v) is 9.80. The third-order valence-electron chi connectivity index (χ3n) is 6.46. The molecule has 2 aromatic rings. The number of benzene rings is 2. The molecule has 1 saturated carbocycles. The van der Waals surface area contributed by atoms with Crippen molar-refractivity contribution in [1.82, 2.24) is 4.90 Å². The summed E-state index contributed by atoms with van der Waals surface area (Å²) < 4.78 is 5.50. The molecule has 5 heteroatoms. The fourth-order valence-corrected chi connectivity index (χ4v) is 4.62. The van der Waals surface area contributed by atoms with E-state index in [4.69, 9.17) is 10.5 Å². The summed E-state index contributed by atoms with van der Waals surface area (Å²) in [6.45, 7) is 3.36. The number of ether oxygens (including phenoxy) is 1. The Bertz CT molecular complexity index is 836. The summed E-state index contributed by atoms with van der Waals surface area (Å²) in [7, 11) is 1.69. The first-order valence-electron chi connectivity index (χ1n) is 9.80. The van der Waals surface area contributed by atoms with E-state index in [2.05, 4.69) is 30.3 Å². The van der Waals surface area contributed by atoms with Gasteiger partial charge in [-0.05, 0) is 42.5 Å². The van der Waals surface area contributed by atoms with Crippen molar-refractivity contribution in [2.24, 2.45) is 5.73 Å². The van der Waals surface area contributed by atoms with Crippen molar-refractivity contribution in [2.45, 2.75) is 43.6 Å². The van der Waals surface area contributed by atoms with E-state index in [1.165, 1.54) is 5.56 Å². The lowest BCUT2D eigenvalue weighted by Gasteiger charge is -2.43. The quantitative estimate of drug-likeness (QED) is 0.849. The van der Waals surface area contributed by atoms with Crippen LogP contribution in [0.1, 0.15) is 41.9 Å². The van der Waals surface area contributed by atoms with Crippen molar-refractivity contribution in [3.05, 3.63) is 65.2 Å². The second-order valence-electron chi connectivity index (χ2n) is 8.01. The summed E-state index contributed by atoms with van der Waals surface area (Å²) in [4.78, 5) is 15.6. The Kier molecular flexibility index (Phi) is 6.01. The molecule has 2 atom stereocenters. The van der Waals surface area contributed by atoms with E-state index in [0.29, 0.717) is 13.1 Å². The van der Waals surface area contributed by atoms with Gasteiger partial charge >= 0.3 is 0 Å². The van der Waals surface area contributed by atoms with E-state index < -0.39 is 5.41 Å². The fraction of sp³-hybridized carbons (Fsp3) is 0.435. The lowest BCUT2D eigenvalue weighted by atomic mass is 9.63. The van der Waals surface area contributed by atoms with Crippen molar-refractivity contribution in [2.75, 3.05) is 20.2 Å². The monoisotopic (exact) mass is 400 g/mol. The Morgan fingerprint density at radius 1 is 1.14 bits per heavy atom. The number of halogens is 1. The van der Waals surface area contributed by atoms with Crippen LogP contribution in [0.3, 0.4) is 0 Å². The topological polar surface area (TPSA) is 55.6 Å². The van der Waals surface area contributed by atoms with Gasteiger partial charge in [-0.2, -0.15) is 0 Å². The Hall–Kier alpha value is -2.04. The number of amides is 1. The van der Waals surface area contributed by atoms with Gasteiger partial charge in [0.25, 0.3) is 0 Å². The van der Waals surface area contributed by atoms with E-state index in [9.17, 15) is 4.79 Å². The Labute approximate surface area is 173 Å². The number of nitrogens with two attached hydrogens (primary N) is 1. The molecule has 4 rings (SSSR count). The molecule has 0 bridgehead atoms. The number of carbonyl (C=O) groups excluding carboxylic acids is 1. The van der Waals surface area contributed by atoms with Crippen LogP contribution in [-0.4, -0.2) is 37.0 Å². The third-order valence-corrected chi connectivity index (χ3v) is 6.46. The molecule has 1 aliphatic carbocycles. The fourth-order valence-electron chi connectivity index (χ4n) is 4.62. The summed E-state index contributed by atoms with van der Waals surface area (Å²) in [5, 5.41) is 0. The van der Waals surface area contributed by atoms with Gasteiger partial charge in [0.15, 0.2) is 0 Å². The van der Waals surface area contributed by atoms with Crippen LogP contribution in [-0.2, 0) is 10.2 Å². The lowest BCUT2D eigenvalue weighted by molar-refractivity contribution is -0.139. The summed E-state index contributed by atoms with van der Waals surface area (Å²) in [6, 6.07) is 16.5. The smallest absolute Gasteiger partial charge is 0.233 e. The number of methoxy groups -OCH3 is 1. The van der Waals surface area contributed by atoms with Gasteiger partial charge in [0, 0.05) is 25.0 Å². The molecule has 1 heterocycles. The van der Waals surface area contributed by atoms with Gasteiger partial charge in [-0.3, -0.25) is 4.79 Å². The summed E-state index contributed by atoms with van der Waals surface area (Å²) in [5.74, 6) is 1.29. The number of hydrogen-bond acceptors (Lipinski definition) is 3. The van der Waals surface area contributed by atoms with Gasteiger partial charge in [0.05, 0.1) is 12.5 Å². The normalized spacial score (nSPS) is 22.9. The maximum atomic E-state index is 13.6. The Morgan fingerprint density at radius 3 is 2.46 bits per heavy atom. The number of nitrogens with zero attached hydrogens (tertiary/aromatic N) is 1. The Morgan fingerprint density at radius 2 is 1.86 bits per heavy atom. The number of likely N-dealkylation sites (tertiary alicyclic amines) is 1. The van der Waals surface area contributed by atoms with Gasteiger partial charge in [-0.1, -0.05) is 48.9 Å². The van der Waals surface area contributed by atoms with E-state index in [0.717, 1.165) is 36.1 Å². The van der Waals surface area contributed by atoms with Crippen molar-refractivity contribution in [1.29, 1.82) is 0 Å². The molecule has 0 radical (unpaired) electrons.